The Morgan fingerprint density at radius 3 is 2.83 bits per heavy atom. The predicted octanol–water partition coefficient (Wildman–Crippen LogP) is 2.21. The van der Waals surface area contributed by atoms with Crippen LogP contribution in [0.1, 0.15) is 19.4 Å². The standard InChI is InChI=1S/C14H19NO2S/c1-14(2)12(15-8-9-18-14)13(16)17-10-11-6-4-3-5-7-11/h3-7,12,15H,8-10H2,1-2H3/t12-/m1/s1. The van der Waals surface area contributed by atoms with Gasteiger partial charge in [-0.05, 0) is 19.4 Å². The molecule has 0 amide bonds. The van der Waals surface area contributed by atoms with Gasteiger partial charge in [0.1, 0.15) is 12.6 Å². The molecule has 3 nitrogen and oxygen atoms in total. The van der Waals surface area contributed by atoms with Crippen LogP contribution < -0.4 is 5.32 Å². The van der Waals surface area contributed by atoms with Crippen LogP contribution in [0, 0.1) is 0 Å². The molecule has 0 saturated carbocycles. The van der Waals surface area contributed by atoms with Gasteiger partial charge in [-0.25, -0.2) is 0 Å². The van der Waals surface area contributed by atoms with Gasteiger partial charge in [0.2, 0.25) is 0 Å². The third-order valence-electron chi connectivity index (χ3n) is 3.08. The molecule has 0 unspecified atom stereocenters. The van der Waals surface area contributed by atoms with E-state index >= 15 is 0 Å². The number of esters is 1. The summed E-state index contributed by atoms with van der Waals surface area (Å²) >= 11 is 1.82. The van der Waals surface area contributed by atoms with Crippen molar-refractivity contribution in [2.75, 3.05) is 12.3 Å². The minimum absolute atomic E-state index is 0.105. The molecule has 1 saturated heterocycles. The van der Waals surface area contributed by atoms with Crippen LogP contribution in [-0.2, 0) is 16.1 Å². The molecule has 1 aliphatic rings. The number of carbonyl (C=O) groups excluding carboxylic acids is 1. The summed E-state index contributed by atoms with van der Waals surface area (Å²) in [6.45, 7) is 5.37. The molecule has 2 rings (SSSR count). The zero-order valence-electron chi connectivity index (χ0n) is 10.8. The van der Waals surface area contributed by atoms with Crippen molar-refractivity contribution in [2.45, 2.75) is 31.2 Å². The van der Waals surface area contributed by atoms with Crippen LogP contribution >= 0.6 is 11.8 Å². The normalized spacial score (nSPS) is 22.4. The van der Waals surface area contributed by atoms with E-state index in [4.69, 9.17) is 4.74 Å². The van der Waals surface area contributed by atoms with E-state index in [2.05, 4.69) is 19.2 Å². The lowest BCUT2D eigenvalue weighted by molar-refractivity contribution is -0.148. The summed E-state index contributed by atoms with van der Waals surface area (Å²) in [6, 6.07) is 9.54. The third-order valence-corrected chi connectivity index (χ3v) is 4.47. The lowest BCUT2D eigenvalue weighted by atomic mass is 10.0. The van der Waals surface area contributed by atoms with E-state index in [1.54, 1.807) is 0 Å². The van der Waals surface area contributed by atoms with Gasteiger partial charge in [0.05, 0.1) is 0 Å². The van der Waals surface area contributed by atoms with Crippen LogP contribution in [0.25, 0.3) is 0 Å². The highest BCUT2D eigenvalue weighted by Crippen LogP contribution is 2.31. The van der Waals surface area contributed by atoms with E-state index in [0.29, 0.717) is 6.61 Å². The molecule has 1 aliphatic heterocycles. The Morgan fingerprint density at radius 1 is 1.44 bits per heavy atom. The second kappa shape index (κ2) is 5.76. The zero-order valence-corrected chi connectivity index (χ0v) is 11.6. The van der Waals surface area contributed by atoms with Gasteiger partial charge in [0, 0.05) is 17.0 Å². The van der Waals surface area contributed by atoms with Gasteiger partial charge in [-0.2, -0.15) is 11.8 Å². The Morgan fingerprint density at radius 2 is 2.17 bits per heavy atom. The fraction of sp³-hybridized carbons (Fsp3) is 0.500. The van der Waals surface area contributed by atoms with E-state index in [-0.39, 0.29) is 16.8 Å². The van der Waals surface area contributed by atoms with Crippen LogP contribution in [0.4, 0.5) is 0 Å². The lowest BCUT2D eigenvalue weighted by Crippen LogP contribution is -2.55. The molecule has 18 heavy (non-hydrogen) atoms. The fourth-order valence-electron chi connectivity index (χ4n) is 2.03. The summed E-state index contributed by atoms with van der Waals surface area (Å²) in [5.74, 6) is 0.881. The van der Waals surface area contributed by atoms with Gasteiger partial charge in [-0.1, -0.05) is 30.3 Å². The third kappa shape index (κ3) is 3.27. The second-order valence-electron chi connectivity index (χ2n) is 4.93. The maximum Gasteiger partial charge on any atom is 0.324 e. The Labute approximate surface area is 112 Å². The van der Waals surface area contributed by atoms with E-state index < -0.39 is 0 Å². The molecule has 0 radical (unpaired) electrons. The number of rotatable bonds is 3. The summed E-state index contributed by atoms with van der Waals surface area (Å²) in [5.41, 5.74) is 1.02. The lowest BCUT2D eigenvalue weighted by Gasteiger charge is -2.36. The first-order chi connectivity index (χ1) is 8.59. The highest BCUT2D eigenvalue weighted by Gasteiger charge is 2.38. The molecular formula is C14H19NO2S. The molecule has 1 atom stereocenters. The number of carbonyl (C=O) groups is 1. The SMILES string of the molecule is CC1(C)SCCN[C@@H]1C(=O)OCc1ccccc1. The van der Waals surface area contributed by atoms with Crippen molar-refractivity contribution in [3.05, 3.63) is 35.9 Å². The topological polar surface area (TPSA) is 38.3 Å². The van der Waals surface area contributed by atoms with Crippen LogP contribution in [0.3, 0.4) is 0 Å². The van der Waals surface area contributed by atoms with Gasteiger partial charge in [0.25, 0.3) is 0 Å². The van der Waals surface area contributed by atoms with Crippen molar-refractivity contribution >= 4 is 17.7 Å². The number of benzene rings is 1. The maximum absolute atomic E-state index is 12.1. The van der Waals surface area contributed by atoms with Crippen molar-refractivity contribution in [1.29, 1.82) is 0 Å². The summed E-state index contributed by atoms with van der Waals surface area (Å²) in [7, 11) is 0. The molecule has 1 aromatic carbocycles. The first kappa shape index (κ1) is 13.4. The molecule has 1 fully saturated rings. The monoisotopic (exact) mass is 265 g/mol. The Bertz CT molecular complexity index is 406. The predicted molar refractivity (Wildman–Crippen MR) is 74.6 cm³/mol. The van der Waals surface area contributed by atoms with Crippen LogP contribution in [0.15, 0.2) is 30.3 Å². The average Bonchev–Trinajstić information content (AvgIpc) is 2.37. The van der Waals surface area contributed by atoms with E-state index in [9.17, 15) is 4.79 Å². The van der Waals surface area contributed by atoms with Gasteiger partial charge in [0.15, 0.2) is 0 Å². The number of nitrogens with one attached hydrogen (secondary N) is 1. The van der Waals surface area contributed by atoms with E-state index in [0.717, 1.165) is 17.9 Å². The van der Waals surface area contributed by atoms with Gasteiger partial charge in [-0.3, -0.25) is 4.79 Å². The van der Waals surface area contributed by atoms with Gasteiger partial charge < -0.3 is 10.1 Å². The Hall–Kier alpha value is -1.00. The van der Waals surface area contributed by atoms with Crippen LogP contribution in [-0.4, -0.2) is 29.1 Å². The molecule has 4 heteroatoms. The quantitative estimate of drug-likeness (QED) is 0.851. The minimum Gasteiger partial charge on any atom is -0.460 e. The number of hydrogen-bond acceptors (Lipinski definition) is 4. The van der Waals surface area contributed by atoms with Crippen molar-refractivity contribution in [1.82, 2.24) is 5.32 Å². The highest BCUT2D eigenvalue weighted by molar-refractivity contribution is 8.00. The summed E-state index contributed by atoms with van der Waals surface area (Å²) < 4.78 is 5.28. The molecule has 0 aromatic heterocycles. The fourth-order valence-corrected chi connectivity index (χ4v) is 3.12. The largest absolute Gasteiger partial charge is 0.460 e. The minimum atomic E-state index is -0.222. The summed E-state index contributed by atoms with van der Waals surface area (Å²) in [5, 5.41) is 3.25. The molecule has 1 heterocycles. The maximum atomic E-state index is 12.1. The smallest absolute Gasteiger partial charge is 0.324 e. The van der Waals surface area contributed by atoms with Crippen molar-refractivity contribution < 1.29 is 9.53 Å². The Balaban J connectivity index is 1.91. The van der Waals surface area contributed by atoms with Crippen molar-refractivity contribution in [3.8, 4) is 0 Å². The highest BCUT2D eigenvalue weighted by atomic mass is 32.2. The number of hydrogen-bond donors (Lipinski definition) is 1. The second-order valence-corrected chi connectivity index (χ2v) is 6.68. The average molecular weight is 265 g/mol. The van der Waals surface area contributed by atoms with Crippen molar-refractivity contribution in [3.63, 3.8) is 0 Å². The van der Waals surface area contributed by atoms with Gasteiger partial charge >= 0.3 is 5.97 Å². The van der Waals surface area contributed by atoms with E-state index in [1.807, 2.05) is 42.1 Å². The van der Waals surface area contributed by atoms with Gasteiger partial charge in [-0.15, -0.1) is 0 Å². The molecule has 1 N–H and O–H groups in total. The molecule has 0 bridgehead atoms. The summed E-state index contributed by atoms with van der Waals surface area (Å²) in [4.78, 5) is 12.1. The van der Waals surface area contributed by atoms with Crippen LogP contribution in [0.5, 0.6) is 0 Å². The van der Waals surface area contributed by atoms with Crippen LogP contribution in [0.2, 0.25) is 0 Å². The summed E-state index contributed by atoms with van der Waals surface area (Å²) in [6.07, 6.45) is 0. The molecule has 0 spiro atoms. The first-order valence-corrected chi connectivity index (χ1v) is 7.16. The van der Waals surface area contributed by atoms with E-state index in [1.165, 1.54) is 0 Å². The van der Waals surface area contributed by atoms with Crippen molar-refractivity contribution in [2.24, 2.45) is 0 Å². The Kier molecular flexibility index (Phi) is 4.30. The molecule has 98 valence electrons. The molecular weight excluding hydrogens is 246 g/mol. The number of thioether (sulfide) groups is 1. The molecule has 0 aliphatic carbocycles. The zero-order chi connectivity index (χ0) is 13.0. The first-order valence-electron chi connectivity index (χ1n) is 6.17. The molecule has 1 aromatic rings. The number of ether oxygens (including phenoxy) is 1.